The maximum atomic E-state index is 12.0. The molecular formula is C21H21N5O2S. The van der Waals surface area contributed by atoms with E-state index in [1.165, 1.54) is 18.9 Å². The Morgan fingerprint density at radius 1 is 0.897 bits per heavy atom. The molecule has 0 aliphatic heterocycles. The van der Waals surface area contributed by atoms with Crippen LogP contribution in [0.4, 0.5) is 21.9 Å². The molecule has 1 aromatic heterocycles. The van der Waals surface area contributed by atoms with Gasteiger partial charge in [0.2, 0.25) is 5.91 Å². The van der Waals surface area contributed by atoms with E-state index in [4.69, 9.17) is 0 Å². The minimum Gasteiger partial charge on any atom is -0.334 e. The third-order valence-corrected chi connectivity index (χ3v) is 4.63. The van der Waals surface area contributed by atoms with Crippen LogP contribution < -0.4 is 20.7 Å². The lowest BCUT2D eigenvalue weighted by molar-refractivity contribution is -0.114. The predicted octanol–water partition coefficient (Wildman–Crippen LogP) is 4.48. The van der Waals surface area contributed by atoms with Crippen molar-refractivity contribution in [2.24, 2.45) is 0 Å². The highest BCUT2D eigenvalue weighted by Gasteiger charge is 2.03. The largest absolute Gasteiger partial charge is 0.334 e. The summed E-state index contributed by atoms with van der Waals surface area (Å²) in [6.07, 6.45) is 3.41. The lowest BCUT2D eigenvalue weighted by atomic mass is 10.3. The quantitative estimate of drug-likeness (QED) is 0.433. The summed E-state index contributed by atoms with van der Waals surface area (Å²) in [6, 6.07) is 18.4. The Bertz CT molecular complexity index is 947. The predicted molar refractivity (Wildman–Crippen MR) is 117 cm³/mol. The van der Waals surface area contributed by atoms with Crippen molar-refractivity contribution in [3.8, 4) is 0 Å². The number of aromatic nitrogens is 1. The van der Waals surface area contributed by atoms with E-state index in [1.54, 1.807) is 12.4 Å². The molecule has 0 saturated carbocycles. The zero-order valence-electron chi connectivity index (χ0n) is 15.8. The van der Waals surface area contributed by atoms with Gasteiger partial charge in [0.1, 0.15) is 0 Å². The van der Waals surface area contributed by atoms with Gasteiger partial charge in [0.25, 0.3) is 0 Å². The van der Waals surface area contributed by atoms with Gasteiger partial charge in [0.15, 0.2) is 0 Å². The third-order valence-electron chi connectivity index (χ3n) is 3.78. The van der Waals surface area contributed by atoms with Crippen molar-refractivity contribution in [3.63, 3.8) is 0 Å². The first kappa shape index (κ1) is 20.2. The van der Waals surface area contributed by atoms with Gasteiger partial charge in [-0.25, -0.2) is 4.79 Å². The van der Waals surface area contributed by atoms with E-state index < -0.39 is 0 Å². The van der Waals surface area contributed by atoms with E-state index in [9.17, 15) is 9.59 Å². The molecule has 1 heterocycles. The maximum absolute atomic E-state index is 12.0. The van der Waals surface area contributed by atoms with Crippen LogP contribution in [0.1, 0.15) is 12.5 Å². The summed E-state index contributed by atoms with van der Waals surface area (Å²) >= 11 is 1.46. The topological polar surface area (TPSA) is 95.2 Å². The molecule has 0 bridgehead atoms. The van der Waals surface area contributed by atoms with E-state index in [2.05, 4.69) is 25.7 Å². The molecule has 8 heteroatoms. The Hall–Kier alpha value is -3.52. The molecule has 0 saturated heterocycles. The molecule has 0 radical (unpaired) electrons. The second-order valence-electron chi connectivity index (χ2n) is 6.16. The first-order valence-corrected chi connectivity index (χ1v) is 9.74. The van der Waals surface area contributed by atoms with Gasteiger partial charge in [-0.3, -0.25) is 9.78 Å². The molecule has 0 aliphatic rings. The lowest BCUT2D eigenvalue weighted by Crippen LogP contribution is -2.28. The summed E-state index contributed by atoms with van der Waals surface area (Å²) in [4.78, 5) is 28.1. The zero-order chi connectivity index (χ0) is 20.5. The molecule has 3 amide bonds. The number of hydrogen-bond donors (Lipinski definition) is 4. The van der Waals surface area contributed by atoms with Gasteiger partial charge in [-0.2, -0.15) is 0 Å². The summed E-state index contributed by atoms with van der Waals surface area (Å²) in [5.74, 6) is -0.0945. The number of amides is 3. The van der Waals surface area contributed by atoms with Gasteiger partial charge >= 0.3 is 6.03 Å². The van der Waals surface area contributed by atoms with Crippen molar-refractivity contribution in [1.82, 2.24) is 10.3 Å². The average Bonchev–Trinajstić information content (AvgIpc) is 2.73. The fourth-order valence-corrected chi connectivity index (χ4v) is 3.05. The van der Waals surface area contributed by atoms with Crippen LogP contribution in [0.15, 0.2) is 78.0 Å². The van der Waals surface area contributed by atoms with Crippen LogP contribution in [0.2, 0.25) is 0 Å². The molecule has 3 aromatic rings. The van der Waals surface area contributed by atoms with Crippen LogP contribution in [0.25, 0.3) is 0 Å². The molecule has 4 N–H and O–H groups in total. The van der Waals surface area contributed by atoms with E-state index in [1.807, 2.05) is 60.7 Å². The number of urea groups is 1. The maximum Gasteiger partial charge on any atom is 0.319 e. The summed E-state index contributed by atoms with van der Waals surface area (Å²) in [6.45, 7) is 1.89. The Balaban J connectivity index is 1.44. The highest BCUT2D eigenvalue weighted by atomic mass is 32.2. The molecule has 0 fully saturated rings. The Morgan fingerprint density at radius 2 is 1.55 bits per heavy atom. The number of rotatable bonds is 7. The summed E-state index contributed by atoms with van der Waals surface area (Å²) < 4.78 is 3.24. The zero-order valence-corrected chi connectivity index (χ0v) is 16.6. The highest BCUT2D eigenvalue weighted by Crippen LogP contribution is 2.23. The van der Waals surface area contributed by atoms with E-state index in [0.717, 1.165) is 21.8 Å². The summed E-state index contributed by atoms with van der Waals surface area (Å²) in [7, 11) is 0. The molecule has 0 unspecified atom stereocenters. The second kappa shape index (κ2) is 10.1. The number of carbonyl (C=O) groups is 2. The molecule has 29 heavy (non-hydrogen) atoms. The standard InChI is InChI=1S/C21H21N5O2S/c1-15(27)24-17-8-10-20(11-9-17)29-26-19-6-4-18(5-7-19)25-21(28)23-14-16-3-2-12-22-13-16/h2-13,26H,14H2,1H3,(H,24,27)(H2,23,25,28). The van der Waals surface area contributed by atoms with Gasteiger partial charge < -0.3 is 20.7 Å². The van der Waals surface area contributed by atoms with Gasteiger partial charge in [-0.1, -0.05) is 6.07 Å². The van der Waals surface area contributed by atoms with Crippen LogP contribution in [0.3, 0.4) is 0 Å². The fraction of sp³-hybridized carbons (Fsp3) is 0.0952. The number of benzene rings is 2. The highest BCUT2D eigenvalue weighted by molar-refractivity contribution is 8.00. The lowest BCUT2D eigenvalue weighted by Gasteiger charge is -2.09. The summed E-state index contributed by atoms with van der Waals surface area (Å²) in [5.41, 5.74) is 3.30. The van der Waals surface area contributed by atoms with Gasteiger partial charge in [-0.15, -0.1) is 0 Å². The number of nitrogens with zero attached hydrogens (tertiary/aromatic N) is 1. The van der Waals surface area contributed by atoms with Crippen LogP contribution in [-0.2, 0) is 11.3 Å². The van der Waals surface area contributed by atoms with E-state index in [0.29, 0.717) is 12.2 Å². The number of anilines is 3. The molecule has 0 spiro atoms. The van der Waals surface area contributed by atoms with Crippen LogP contribution in [0, 0.1) is 0 Å². The third kappa shape index (κ3) is 6.86. The minimum absolute atomic E-state index is 0.0945. The van der Waals surface area contributed by atoms with Crippen LogP contribution in [0.5, 0.6) is 0 Å². The van der Waals surface area contributed by atoms with Gasteiger partial charge in [0.05, 0.1) is 0 Å². The Morgan fingerprint density at radius 3 is 2.21 bits per heavy atom. The Kier molecular flexibility index (Phi) is 7.07. The normalized spacial score (nSPS) is 10.1. The van der Waals surface area contributed by atoms with Crippen LogP contribution >= 0.6 is 11.9 Å². The van der Waals surface area contributed by atoms with Crippen molar-refractivity contribution < 1.29 is 9.59 Å². The van der Waals surface area contributed by atoms with Crippen molar-refractivity contribution >= 4 is 40.9 Å². The molecule has 0 aliphatic carbocycles. The molecule has 7 nitrogen and oxygen atoms in total. The average molecular weight is 407 g/mol. The fourth-order valence-electron chi connectivity index (χ4n) is 2.41. The number of carbonyl (C=O) groups excluding carboxylic acids is 2. The minimum atomic E-state index is -0.275. The van der Waals surface area contributed by atoms with E-state index in [-0.39, 0.29) is 11.9 Å². The van der Waals surface area contributed by atoms with E-state index >= 15 is 0 Å². The second-order valence-corrected chi connectivity index (χ2v) is 7.04. The molecule has 3 rings (SSSR count). The Labute approximate surface area is 173 Å². The number of pyridine rings is 1. The smallest absolute Gasteiger partial charge is 0.319 e. The number of hydrogen-bond acceptors (Lipinski definition) is 5. The van der Waals surface area contributed by atoms with Gasteiger partial charge in [0, 0.05) is 47.8 Å². The number of nitrogens with one attached hydrogen (secondary N) is 4. The van der Waals surface area contributed by atoms with Gasteiger partial charge in [-0.05, 0) is 72.1 Å². The van der Waals surface area contributed by atoms with Crippen LogP contribution in [-0.4, -0.2) is 16.9 Å². The molecular weight excluding hydrogens is 386 g/mol. The summed E-state index contributed by atoms with van der Waals surface area (Å²) in [5, 5.41) is 8.32. The van der Waals surface area contributed by atoms with Crippen molar-refractivity contribution in [2.45, 2.75) is 18.4 Å². The SMILES string of the molecule is CC(=O)Nc1ccc(SNc2ccc(NC(=O)NCc3cccnc3)cc2)cc1. The van der Waals surface area contributed by atoms with Crippen molar-refractivity contribution in [1.29, 1.82) is 0 Å². The molecule has 2 aromatic carbocycles. The van der Waals surface area contributed by atoms with Crippen molar-refractivity contribution in [3.05, 3.63) is 78.6 Å². The molecule has 0 atom stereocenters. The monoisotopic (exact) mass is 407 g/mol. The first-order chi connectivity index (χ1) is 14.1. The molecule has 148 valence electrons. The first-order valence-electron chi connectivity index (χ1n) is 8.93. The van der Waals surface area contributed by atoms with Crippen molar-refractivity contribution in [2.75, 3.05) is 15.4 Å².